The van der Waals surface area contributed by atoms with Gasteiger partial charge >= 0.3 is 0 Å². The molecule has 8 heteroatoms. The fourth-order valence-electron chi connectivity index (χ4n) is 3.16. The number of nitrogens with zero attached hydrogens (tertiary/aromatic N) is 2. The van der Waals surface area contributed by atoms with E-state index in [1.807, 2.05) is 24.3 Å². The summed E-state index contributed by atoms with van der Waals surface area (Å²) in [6.45, 7) is 1.52. The van der Waals surface area contributed by atoms with Gasteiger partial charge in [0.25, 0.3) is 11.8 Å². The summed E-state index contributed by atoms with van der Waals surface area (Å²) < 4.78 is 0. The molecule has 0 radical (unpaired) electrons. The zero-order chi connectivity index (χ0) is 20.5. The third kappa shape index (κ3) is 3.66. The molecule has 3 amide bonds. The number of imide groups is 1. The predicted octanol–water partition coefficient (Wildman–Crippen LogP) is 4.01. The van der Waals surface area contributed by atoms with Gasteiger partial charge in [-0.25, -0.2) is 4.98 Å². The number of hydrogen-bond donors (Lipinski definition) is 1. The van der Waals surface area contributed by atoms with Crippen LogP contribution in [0.1, 0.15) is 38.1 Å². The van der Waals surface area contributed by atoms with Crippen LogP contribution < -0.4 is 5.32 Å². The Bertz CT molecular complexity index is 1090. The lowest BCUT2D eigenvalue weighted by Crippen LogP contribution is -2.45. The number of hydrogen-bond acceptors (Lipinski definition) is 5. The lowest BCUT2D eigenvalue weighted by atomic mass is 10.1. The zero-order valence-corrected chi connectivity index (χ0v) is 17.0. The van der Waals surface area contributed by atoms with Crippen LogP contribution in [0.4, 0.5) is 5.13 Å². The molecule has 0 saturated heterocycles. The molecule has 0 fully saturated rings. The number of thiazole rings is 1. The molecule has 0 saturated carbocycles. The van der Waals surface area contributed by atoms with Crippen LogP contribution in [0, 0.1) is 0 Å². The maximum Gasteiger partial charge on any atom is 0.262 e. The summed E-state index contributed by atoms with van der Waals surface area (Å²) in [6.07, 6.45) is 2.28. The molecule has 1 aliphatic rings. The van der Waals surface area contributed by atoms with Crippen LogP contribution in [0.25, 0.3) is 0 Å². The van der Waals surface area contributed by atoms with Gasteiger partial charge in [0.05, 0.1) is 11.1 Å². The average molecular weight is 426 g/mol. The van der Waals surface area contributed by atoms with Crippen molar-refractivity contribution in [3.05, 3.63) is 81.3 Å². The van der Waals surface area contributed by atoms with E-state index < -0.39 is 23.8 Å². The molecule has 4 rings (SSSR count). The van der Waals surface area contributed by atoms with Gasteiger partial charge < -0.3 is 5.32 Å². The van der Waals surface area contributed by atoms with E-state index in [4.69, 9.17) is 11.6 Å². The molecular formula is C21H16ClN3O3S. The first-order chi connectivity index (χ1) is 14.0. The Morgan fingerprint density at radius 2 is 1.72 bits per heavy atom. The second-order valence-corrected chi connectivity index (χ2v) is 8.11. The molecule has 29 heavy (non-hydrogen) atoms. The number of anilines is 1. The number of aromatic nitrogens is 1. The van der Waals surface area contributed by atoms with Gasteiger partial charge in [0.2, 0.25) is 5.91 Å². The highest BCUT2D eigenvalue weighted by Crippen LogP contribution is 2.27. The van der Waals surface area contributed by atoms with Gasteiger partial charge in [-0.05, 0) is 30.7 Å². The van der Waals surface area contributed by atoms with E-state index >= 15 is 0 Å². The molecule has 1 atom stereocenters. The number of nitrogens with one attached hydrogen (secondary N) is 1. The fraction of sp³-hybridized carbons (Fsp3) is 0.143. The standard InChI is InChI=1S/C21H16ClN3O3S/c1-12(25-19(27)15-7-3-4-8-16(15)20(25)28)18(26)24-21-23-11-14(29-21)10-13-6-2-5-9-17(13)22/h2-9,11-12H,10H2,1H3,(H,23,24,26). The lowest BCUT2D eigenvalue weighted by Gasteiger charge is -2.21. The average Bonchev–Trinajstić information content (AvgIpc) is 3.26. The first-order valence-corrected chi connectivity index (χ1v) is 10.1. The molecule has 2 aromatic carbocycles. The lowest BCUT2D eigenvalue weighted by molar-refractivity contribution is -0.119. The summed E-state index contributed by atoms with van der Waals surface area (Å²) in [6, 6.07) is 13.1. The number of carbonyl (C=O) groups excluding carboxylic acids is 3. The van der Waals surface area contributed by atoms with E-state index in [0.717, 1.165) is 15.3 Å². The SMILES string of the molecule is CC(C(=O)Nc1ncc(Cc2ccccc2Cl)s1)N1C(=O)c2ccccc2C1=O. The molecule has 1 aromatic heterocycles. The van der Waals surface area contributed by atoms with Crippen molar-refractivity contribution in [1.29, 1.82) is 0 Å². The van der Waals surface area contributed by atoms with Crippen LogP contribution in [0.3, 0.4) is 0 Å². The van der Waals surface area contributed by atoms with Crippen molar-refractivity contribution in [1.82, 2.24) is 9.88 Å². The molecule has 0 aliphatic carbocycles. The Kier molecular flexibility index (Phi) is 5.17. The number of carbonyl (C=O) groups is 3. The second-order valence-electron chi connectivity index (χ2n) is 6.59. The Morgan fingerprint density at radius 3 is 2.38 bits per heavy atom. The number of rotatable bonds is 5. The van der Waals surface area contributed by atoms with Crippen molar-refractivity contribution < 1.29 is 14.4 Å². The molecule has 2 heterocycles. The van der Waals surface area contributed by atoms with E-state index in [0.29, 0.717) is 27.7 Å². The topological polar surface area (TPSA) is 79.4 Å². The van der Waals surface area contributed by atoms with Crippen molar-refractivity contribution in [2.45, 2.75) is 19.4 Å². The van der Waals surface area contributed by atoms with Crippen LogP contribution in [0.5, 0.6) is 0 Å². The molecule has 3 aromatic rings. The van der Waals surface area contributed by atoms with E-state index in [-0.39, 0.29) is 0 Å². The summed E-state index contributed by atoms with van der Waals surface area (Å²) in [7, 11) is 0. The van der Waals surface area contributed by atoms with Crippen molar-refractivity contribution in [2.24, 2.45) is 0 Å². The van der Waals surface area contributed by atoms with Crippen LogP contribution in [-0.4, -0.2) is 33.6 Å². The molecule has 1 N–H and O–H groups in total. The minimum Gasteiger partial charge on any atom is -0.300 e. The van der Waals surface area contributed by atoms with Crippen LogP contribution in [0.2, 0.25) is 5.02 Å². The van der Waals surface area contributed by atoms with Crippen molar-refractivity contribution in [3.8, 4) is 0 Å². The van der Waals surface area contributed by atoms with Gasteiger partial charge in [-0.1, -0.05) is 41.9 Å². The van der Waals surface area contributed by atoms with Crippen molar-refractivity contribution in [2.75, 3.05) is 5.32 Å². The molecular weight excluding hydrogens is 410 g/mol. The summed E-state index contributed by atoms with van der Waals surface area (Å²) in [5, 5.41) is 3.77. The normalized spacial score (nSPS) is 14.1. The highest BCUT2D eigenvalue weighted by Gasteiger charge is 2.40. The van der Waals surface area contributed by atoms with Crippen LogP contribution >= 0.6 is 22.9 Å². The van der Waals surface area contributed by atoms with Crippen molar-refractivity contribution >= 4 is 45.8 Å². The monoisotopic (exact) mass is 425 g/mol. The largest absolute Gasteiger partial charge is 0.300 e. The zero-order valence-electron chi connectivity index (χ0n) is 15.4. The quantitative estimate of drug-likeness (QED) is 0.626. The van der Waals surface area contributed by atoms with Crippen LogP contribution in [-0.2, 0) is 11.2 Å². The first kappa shape index (κ1) is 19.3. The van der Waals surface area contributed by atoms with Gasteiger partial charge in [-0.3, -0.25) is 19.3 Å². The Labute approximate surface area is 176 Å². The van der Waals surface area contributed by atoms with Crippen LogP contribution in [0.15, 0.2) is 54.7 Å². The minimum absolute atomic E-state index is 0.313. The molecule has 1 aliphatic heterocycles. The molecule has 1 unspecified atom stereocenters. The van der Waals surface area contributed by atoms with Gasteiger partial charge in [0.15, 0.2) is 5.13 Å². The number of benzene rings is 2. The van der Waals surface area contributed by atoms with Gasteiger partial charge in [-0.15, -0.1) is 11.3 Å². The summed E-state index contributed by atoms with van der Waals surface area (Å²) in [5.74, 6) is -1.41. The highest BCUT2D eigenvalue weighted by atomic mass is 35.5. The number of halogens is 1. The Hall–Kier alpha value is -3.03. The molecule has 146 valence electrons. The van der Waals surface area contributed by atoms with Gasteiger partial charge in [-0.2, -0.15) is 0 Å². The number of fused-ring (bicyclic) bond motifs is 1. The maximum atomic E-state index is 12.7. The smallest absolute Gasteiger partial charge is 0.262 e. The molecule has 6 nitrogen and oxygen atoms in total. The third-order valence-electron chi connectivity index (χ3n) is 4.70. The van der Waals surface area contributed by atoms with E-state index in [2.05, 4.69) is 10.3 Å². The Morgan fingerprint density at radius 1 is 1.10 bits per heavy atom. The van der Waals surface area contributed by atoms with E-state index in [1.165, 1.54) is 18.3 Å². The van der Waals surface area contributed by atoms with Crippen molar-refractivity contribution in [3.63, 3.8) is 0 Å². The maximum absolute atomic E-state index is 12.7. The minimum atomic E-state index is -0.960. The molecule has 0 bridgehead atoms. The van der Waals surface area contributed by atoms with Gasteiger partial charge in [0, 0.05) is 22.5 Å². The fourth-order valence-corrected chi connectivity index (χ4v) is 4.20. The summed E-state index contributed by atoms with van der Waals surface area (Å²) in [4.78, 5) is 43.9. The first-order valence-electron chi connectivity index (χ1n) is 8.91. The predicted molar refractivity (Wildman–Crippen MR) is 111 cm³/mol. The molecule has 0 spiro atoms. The Balaban J connectivity index is 1.45. The van der Waals surface area contributed by atoms with E-state index in [1.54, 1.807) is 30.5 Å². The van der Waals surface area contributed by atoms with Gasteiger partial charge in [0.1, 0.15) is 6.04 Å². The second kappa shape index (κ2) is 7.77. The highest BCUT2D eigenvalue weighted by molar-refractivity contribution is 7.15. The number of amides is 3. The summed E-state index contributed by atoms with van der Waals surface area (Å²) in [5.41, 5.74) is 1.59. The summed E-state index contributed by atoms with van der Waals surface area (Å²) >= 11 is 7.51. The third-order valence-corrected chi connectivity index (χ3v) is 5.98. The van der Waals surface area contributed by atoms with E-state index in [9.17, 15) is 14.4 Å².